The van der Waals surface area contributed by atoms with Gasteiger partial charge in [-0.05, 0) is 36.6 Å². The van der Waals surface area contributed by atoms with E-state index in [9.17, 15) is 0 Å². The molecule has 1 aromatic carbocycles. The summed E-state index contributed by atoms with van der Waals surface area (Å²) in [7, 11) is 0. The monoisotopic (exact) mass is 251 g/mol. The number of hydrogen-bond acceptors (Lipinski definition) is 1. The number of halogens is 1. The second-order valence-corrected chi connectivity index (χ2v) is 5.49. The largest absolute Gasteiger partial charge is 0.310 e. The number of hydrogen-bond donors (Lipinski definition) is 1. The minimum Gasteiger partial charge on any atom is -0.310 e. The normalized spacial score (nSPS) is 18.5. The van der Waals surface area contributed by atoms with Gasteiger partial charge in [0.05, 0.1) is 0 Å². The Bertz CT molecular complexity index is 345. The molecule has 0 saturated heterocycles. The molecule has 0 amide bonds. The van der Waals surface area contributed by atoms with Crippen LogP contribution in [0, 0.1) is 5.92 Å². The highest BCUT2D eigenvalue weighted by atomic mass is 35.5. The van der Waals surface area contributed by atoms with Gasteiger partial charge < -0.3 is 5.32 Å². The van der Waals surface area contributed by atoms with Crippen molar-refractivity contribution in [1.29, 1.82) is 0 Å². The molecule has 0 heterocycles. The van der Waals surface area contributed by atoms with Gasteiger partial charge >= 0.3 is 0 Å². The van der Waals surface area contributed by atoms with Crippen LogP contribution in [-0.2, 0) is 0 Å². The first-order valence-corrected chi connectivity index (χ1v) is 7.16. The van der Waals surface area contributed by atoms with Crippen LogP contribution in [0.15, 0.2) is 24.3 Å². The average Bonchev–Trinajstić information content (AvgIpc) is 2.81. The lowest BCUT2D eigenvalue weighted by molar-refractivity contribution is 0.401. The summed E-state index contributed by atoms with van der Waals surface area (Å²) < 4.78 is 0. The van der Waals surface area contributed by atoms with Gasteiger partial charge in [-0.1, -0.05) is 56.3 Å². The SMILES string of the molecule is CCNC(CC1CCCC1)c1cccc(Cl)c1. The Kier molecular flexibility index (Phi) is 4.87. The molecule has 0 bridgehead atoms. The molecule has 1 aromatic rings. The average molecular weight is 252 g/mol. The minimum absolute atomic E-state index is 0.474. The summed E-state index contributed by atoms with van der Waals surface area (Å²) in [6.45, 7) is 3.19. The molecule has 94 valence electrons. The number of nitrogens with one attached hydrogen (secondary N) is 1. The van der Waals surface area contributed by atoms with Crippen molar-refractivity contribution < 1.29 is 0 Å². The highest BCUT2D eigenvalue weighted by Gasteiger charge is 2.20. The van der Waals surface area contributed by atoms with E-state index in [0.717, 1.165) is 17.5 Å². The third-order valence-electron chi connectivity index (χ3n) is 3.75. The molecule has 0 aromatic heterocycles. The lowest BCUT2D eigenvalue weighted by Crippen LogP contribution is -2.23. The summed E-state index contributed by atoms with van der Waals surface area (Å²) in [5.41, 5.74) is 1.34. The number of rotatable bonds is 5. The number of benzene rings is 1. The van der Waals surface area contributed by atoms with Gasteiger partial charge in [-0.15, -0.1) is 0 Å². The van der Waals surface area contributed by atoms with E-state index in [1.807, 2.05) is 6.07 Å². The molecule has 2 heteroatoms. The Labute approximate surface area is 110 Å². The van der Waals surface area contributed by atoms with Gasteiger partial charge in [0.25, 0.3) is 0 Å². The van der Waals surface area contributed by atoms with Crippen LogP contribution in [0.2, 0.25) is 5.02 Å². The van der Waals surface area contributed by atoms with E-state index in [2.05, 4.69) is 30.4 Å². The van der Waals surface area contributed by atoms with E-state index >= 15 is 0 Å². The first-order chi connectivity index (χ1) is 8.29. The van der Waals surface area contributed by atoms with Crippen LogP contribution in [0.3, 0.4) is 0 Å². The Morgan fingerprint density at radius 2 is 2.12 bits per heavy atom. The van der Waals surface area contributed by atoms with Crippen LogP contribution >= 0.6 is 11.6 Å². The van der Waals surface area contributed by atoms with Crippen LogP contribution in [0.4, 0.5) is 0 Å². The maximum absolute atomic E-state index is 6.08. The van der Waals surface area contributed by atoms with Gasteiger partial charge in [0.1, 0.15) is 0 Å². The first kappa shape index (κ1) is 12.9. The molecule has 1 nitrogen and oxygen atoms in total. The summed E-state index contributed by atoms with van der Waals surface area (Å²) in [6, 6.07) is 8.76. The molecule has 1 saturated carbocycles. The summed E-state index contributed by atoms with van der Waals surface area (Å²) in [5, 5.41) is 4.44. The van der Waals surface area contributed by atoms with Gasteiger partial charge in [0.15, 0.2) is 0 Å². The van der Waals surface area contributed by atoms with Crippen molar-refractivity contribution in [2.24, 2.45) is 5.92 Å². The zero-order chi connectivity index (χ0) is 12.1. The molecule has 0 radical (unpaired) electrons. The molecule has 1 fully saturated rings. The predicted octanol–water partition coefficient (Wildman–Crippen LogP) is 4.57. The Morgan fingerprint density at radius 1 is 1.35 bits per heavy atom. The van der Waals surface area contributed by atoms with Gasteiger partial charge in [-0.25, -0.2) is 0 Å². The van der Waals surface area contributed by atoms with Crippen LogP contribution in [0.1, 0.15) is 50.6 Å². The molecular formula is C15H22ClN. The molecule has 1 aliphatic rings. The quantitative estimate of drug-likeness (QED) is 0.808. The Balaban J connectivity index is 2.04. The van der Waals surface area contributed by atoms with Crippen LogP contribution < -0.4 is 5.32 Å². The highest BCUT2D eigenvalue weighted by molar-refractivity contribution is 6.30. The second kappa shape index (κ2) is 6.42. The zero-order valence-electron chi connectivity index (χ0n) is 10.6. The van der Waals surface area contributed by atoms with Crippen molar-refractivity contribution in [3.05, 3.63) is 34.9 Å². The second-order valence-electron chi connectivity index (χ2n) is 5.05. The Morgan fingerprint density at radius 3 is 2.76 bits per heavy atom. The minimum atomic E-state index is 0.474. The van der Waals surface area contributed by atoms with Gasteiger partial charge in [-0.3, -0.25) is 0 Å². The fourth-order valence-electron chi connectivity index (χ4n) is 2.89. The van der Waals surface area contributed by atoms with E-state index in [1.54, 1.807) is 0 Å². The lowest BCUT2D eigenvalue weighted by atomic mass is 9.93. The van der Waals surface area contributed by atoms with E-state index in [0.29, 0.717) is 6.04 Å². The van der Waals surface area contributed by atoms with Gasteiger partial charge in [0, 0.05) is 11.1 Å². The molecule has 1 unspecified atom stereocenters. The fourth-order valence-corrected chi connectivity index (χ4v) is 3.09. The smallest absolute Gasteiger partial charge is 0.0409 e. The molecule has 17 heavy (non-hydrogen) atoms. The van der Waals surface area contributed by atoms with Crippen molar-refractivity contribution >= 4 is 11.6 Å². The first-order valence-electron chi connectivity index (χ1n) is 6.78. The standard InChI is InChI=1S/C15H22ClN/c1-2-17-15(10-12-6-3-4-7-12)13-8-5-9-14(16)11-13/h5,8-9,11-12,15,17H,2-4,6-7,10H2,1H3. The molecule has 0 aliphatic heterocycles. The van der Waals surface area contributed by atoms with E-state index < -0.39 is 0 Å². The van der Waals surface area contributed by atoms with Gasteiger partial charge in [0.2, 0.25) is 0 Å². The van der Waals surface area contributed by atoms with Crippen molar-refractivity contribution in [2.45, 2.75) is 45.1 Å². The fraction of sp³-hybridized carbons (Fsp3) is 0.600. The summed E-state index contributed by atoms with van der Waals surface area (Å²) in [4.78, 5) is 0. The summed E-state index contributed by atoms with van der Waals surface area (Å²) >= 11 is 6.08. The zero-order valence-corrected chi connectivity index (χ0v) is 11.3. The van der Waals surface area contributed by atoms with Crippen LogP contribution in [-0.4, -0.2) is 6.54 Å². The Hall–Kier alpha value is -0.530. The van der Waals surface area contributed by atoms with Crippen molar-refractivity contribution in [3.8, 4) is 0 Å². The predicted molar refractivity (Wildman–Crippen MR) is 74.4 cm³/mol. The van der Waals surface area contributed by atoms with E-state index in [4.69, 9.17) is 11.6 Å². The molecule has 1 N–H and O–H groups in total. The molecule has 1 atom stereocenters. The van der Waals surface area contributed by atoms with Crippen LogP contribution in [0.25, 0.3) is 0 Å². The summed E-state index contributed by atoms with van der Waals surface area (Å²) in [6.07, 6.45) is 6.90. The third-order valence-corrected chi connectivity index (χ3v) is 3.98. The highest BCUT2D eigenvalue weighted by Crippen LogP contribution is 2.33. The van der Waals surface area contributed by atoms with Gasteiger partial charge in [-0.2, -0.15) is 0 Å². The van der Waals surface area contributed by atoms with Crippen molar-refractivity contribution in [2.75, 3.05) is 6.54 Å². The maximum Gasteiger partial charge on any atom is 0.0409 e. The van der Waals surface area contributed by atoms with Crippen molar-refractivity contribution in [3.63, 3.8) is 0 Å². The molecule has 0 spiro atoms. The van der Waals surface area contributed by atoms with E-state index in [-0.39, 0.29) is 0 Å². The third kappa shape index (κ3) is 3.72. The summed E-state index contributed by atoms with van der Waals surface area (Å²) in [5.74, 6) is 0.901. The van der Waals surface area contributed by atoms with Crippen molar-refractivity contribution in [1.82, 2.24) is 5.32 Å². The lowest BCUT2D eigenvalue weighted by Gasteiger charge is -2.22. The maximum atomic E-state index is 6.08. The molecule has 2 rings (SSSR count). The topological polar surface area (TPSA) is 12.0 Å². The van der Waals surface area contributed by atoms with Crippen LogP contribution in [0.5, 0.6) is 0 Å². The molecule has 1 aliphatic carbocycles. The molecular weight excluding hydrogens is 230 g/mol. The van der Waals surface area contributed by atoms with E-state index in [1.165, 1.54) is 37.7 Å².